The maximum atomic E-state index is 11.9. The summed E-state index contributed by atoms with van der Waals surface area (Å²) < 4.78 is 39.4. The minimum Gasteiger partial charge on any atom is -0.406 e. The minimum absolute atomic E-state index is 0.0973. The highest BCUT2D eigenvalue weighted by atomic mass is 19.4. The van der Waals surface area contributed by atoms with E-state index in [0.717, 1.165) is 18.5 Å². The van der Waals surface area contributed by atoms with E-state index < -0.39 is 6.36 Å². The molecule has 3 nitrogen and oxygen atoms in total. The Kier molecular flexibility index (Phi) is 3.02. The number of hydroxylamine groups is 1. The van der Waals surface area contributed by atoms with Crippen molar-refractivity contribution >= 4 is 0 Å². The monoisotopic (exact) mass is 233 g/mol. The molecule has 1 N–H and O–H groups in total. The van der Waals surface area contributed by atoms with Crippen molar-refractivity contribution in [2.75, 3.05) is 6.54 Å². The largest absolute Gasteiger partial charge is 0.573 e. The molecule has 1 aliphatic heterocycles. The van der Waals surface area contributed by atoms with Crippen LogP contribution in [-0.2, 0) is 4.84 Å². The molecule has 16 heavy (non-hydrogen) atoms. The molecular formula is C10H10F3NO2. The van der Waals surface area contributed by atoms with Crippen molar-refractivity contribution in [3.8, 4) is 5.75 Å². The third-order valence-corrected chi connectivity index (χ3v) is 2.22. The SMILES string of the molecule is FC(F)(F)Oc1ccc(C2CCNO2)cc1. The average Bonchev–Trinajstić information content (AvgIpc) is 2.69. The van der Waals surface area contributed by atoms with E-state index in [9.17, 15) is 13.2 Å². The molecule has 0 bridgehead atoms. The molecule has 0 spiro atoms. The van der Waals surface area contributed by atoms with Gasteiger partial charge in [0.25, 0.3) is 0 Å². The van der Waals surface area contributed by atoms with Crippen LogP contribution in [0, 0.1) is 0 Å². The Morgan fingerprint density at radius 3 is 2.44 bits per heavy atom. The summed E-state index contributed by atoms with van der Waals surface area (Å²) in [5.41, 5.74) is 3.55. The van der Waals surface area contributed by atoms with E-state index in [0.29, 0.717) is 0 Å². The Hall–Kier alpha value is -1.27. The van der Waals surface area contributed by atoms with E-state index in [1.54, 1.807) is 12.1 Å². The van der Waals surface area contributed by atoms with Gasteiger partial charge >= 0.3 is 6.36 Å². The van der Waals surface area contributed by atoms with Crippen molar-refractivity contribution in [2.45, 2.75) is 18.9 Å². The Bertz CT molecular complexity index is 344. The Balaban J connectivity index is 2.04. The summed E-state index contributed by atoms with van der Waals surface area (Å²) in [5, 5.41) is 0. The maximum Gasteiger partial charge on any atom is 0.573 e. The molecule has 1 aliphatic rings. The first-order valence-electron chi connectivity index (χ1n) is 4.79. The third-order valence-electron chi connectivity index (χ3n) is 2.22. The summed E-state index contributed by atoms with van der Waals surface area (Å²) in [6.07, 6.45) is -3.94. The molecule has 0 aromatic heterocycles. The summed E-state index contributed by atoms with van der Waals surface area (Å²) in [6.45, 7) is 0.742. The fraction of sp³-hybridized carbons (Fsp3) is 0.400. The van der Waals surface area contributed by atoms with Gasteiger partial charge in [-0.3, -0.25) is 4.84 Å². The predicted octanol–water partition coefficient (Wildman–Crippen LogP) is 2.55. The van der Waals surface area contributed by atoms with Crippen molar-refractivity contribution in [2.24, 2.45) is 0 Å². The Labute approximate surface area is 90.1 Å². The van der Waals surface area contributed by atoms with Gasteiger partial charge in [0, 0.05) is 6.54 Å². The lowest BCUT2D eigenvalue weighted by Crippen LogP contribution is -2.17. The number of hydrogen-bond acceptors (Lipinski definition) is 3. The second-order valence-corrected chi connectivity index (χ2v) is 3.41. The summed E-state index contributed by atoms with van der Waals surface area (Å²) in [7, 11) is 0. The highest BCUT2D eigenvalue weighted by Crippen LogP contribution is 2.27. The van der Waals surface area contributed by atoms with Gasteiger partial charge in [-0.25, -0.2) is 5.48 Å². The number of rotatable bonds is 2. The van der Waals surface area contributed by atoms with Crippen LogP contribution in [0.15, 0.2) is 24.3 Å². The van der Waals surface area contributed by atoms with Gasteiger partial charge in [-0.2, -0.15) is 0 Å². The zero-order valence-electron chi connectivity index (χ0n) is 8.25. The Morgan fingerprint density at radius 2 is 1.94 bits per heavy atom. The highest BCUT2D eigenvalue weighted by Gasteiger charge is 2.31. The molecule has 6 heteroatoms. The van der Waals surface area contributed by atoms with Crippen molar-refractivity contribution < 1.29 is 22.7 Å². The number of ether oxygens (including phenoxy) is 1. The first-order chi connectivity index (χ1) is 7.54. The third kappa shape index (κ3) is 2.86. The molecule has 0 radical (unpaired) electrons. The van der Waals surface area contributed by atoms with Crippen LogP contribution in [-0.4, -0.2) is 12.9 Å². The van der Waals surface area contributed by atoms with Crippen LogP contribution >= 0.6 is 0 Å². The first kappa shape index (κ1) is 11.2. The summed E-state index contributed by atoms with van der Waals surface area (Å²) in [5.74, 6) is -0.220. The molecule has 1 fully saturated rings. The second kappa shape index (κ2) is 4.31. The predicted molar refractivity (Wildman–Crippen MR) is 49.6 cm³/mol. The van der Waals surface area contributed by atoms with Crippen LogP contribution in [0.2, 0.25) is 0 Å². The quantitative estimate of drug-likeness (QED) is 0.851. The van der Waals surface area contributed by atoms with Crippen molar-refractivity contribution in [3.63, 3.8) is 0 Å². The van der Waals surface area contributed by atoms with Gasteiger partial charge in [-0.1, -0.05) is 12.1 Å². The van der Waals surface area contributed by atoms with Crippen molar-refractivity contribution in [1.82, 2.24) is 5.48 Å². The van der Waals surface area contributed by atoms with Gasteiger partial charge in [0.15, 0.2) is 0 Å². The summed E-state index contributed by atoms with van der Waals surface area (Å²) >= 11 is 0. The number of benzene rings is 1. The number of nitrogens with one attached hydrogen (secondary N) is 1. The normalized spacial score (nSPS) is 21.1. The lowest BCUT2D eigenvalue weighted by Gasteiger charge is -2.11. The van der Waals surface area contributed by atoms with Gasteiger partial charge in [0.05, 0.1) is 0 Å². The van der Waals surface area contributed by atoms with Gasteiger partial charge < -0.3 is 4.74 Å². The van der Waals surface area contributed by atoms with E-state index in [1.807, 2.05) is 0 Å². The second-order valence-electron chi connectivity index (χ2n) is 3.41. The zero-order chi connectivity index (χ0) is 11.6. The minimum atomic E-state index is -4.65. The zero-order valence-corrected chi connectivity index (χ0v) is 8.25. The molecule has 1 atom stereocenters. The van der Waals surface area contributed by atoms with Crippen molar-refractivity contribution in [1.29, 1.82) is 0 Å². The van der Waals surface area contributed by atoms with E-state index in [4.69, 9.17) is 4.84 Å². The standard InChI is InChI=1S/C10H10F3NO2/c11-10(12,13)15-8-3-1-7(2-4-8)9-5-6-14-16-9/h1-4,9,14H,5-6H2. The highest BCUT2D eigenvalue weighted by molar-refractivity contribution is 5.29. The lowest BCUT2D eigenvalue weighted by molar-refractivity contribution is -0.274. The van der Waals surface area contributed by atoms with E-state index in [2.05, 4.69) is 10.2 Å². The van der Waals surface area contributed by atoms with Crippen LogP contribution in [0.3, 0.4) is 0 Å². The molecular weight excluding hydrogens is 223 g/mol. The molecule has 1 aromatic rings. The fourth-order valence-electron chi connectivity index (χ4n) is 1.53. The first-order valence-corrected chi connectivity index (χ1v) is 4.79. The smallest absolute Gasteiger partial charge is 0.406 e. The number of halogens is 3. The fourth-order valence-corrected chi connectivity index (χ4v) is 1.53. The summed E-state index contributed by atoms with van der Waals surface area (Å²) in [4.78, 5) is 5.17. The van der Waals surface area contributed by atoms with Gasteiger partial charge in [0.1, 0.15) is 11.9 Å². The molecule has 0 amide bonds. The average molecular weight is 233 g/mol. The number of hydrogen-bond donors (Lipinski definition) is 1. The molecule has 88 valence electrons. The van der Waals surface area contributed by atoms with Gasteiger partial charge in [-0.15, -0.1) is 13.2 Å². The number of alkyl halides is 3. The molecule has 0 aliphatic carbocycles. The molecule has 2 rings (SSSR count). The van der Waals surface area contributed by atoms with Crippen LogP contribution in [0.1, 0.15) is 18.1 Å². The molecule has 1 heterocycles. The van der Waals surface area contributed by atoms with Crippen LogP contribution in [0.5, 0.6) is 5.75 Å². The van der Waals surface area contributed by atoms with Crippen LogP contribution < -0.4 is 10.2 Å². The maximum absolute atomic E-state index is 11.9. The summed E-state index contributed by atoms with van der Waals surface area (Å²) in [6, 6.07) is 5.70. The van der Waals surface area contributed by atoms with Gasteiger partial charge in [-0.05, 0) is 24.1 Å². The van der Waals surface area contributed by atoms with Gasteiger partial charge in [0.2, 0.25) is 0 Å². The Morgan fingerprint density at radius 1 is 1.25 bits per heavy atom. The van der Waals surface area contributed by atoms with Crippen LogP contribution in [0.25, 0.3) is 0 Å². The molecule has 1 aromatic carbocycles. The van der Waals surface area contributed by atoms with E-state index in [1.165, 1.54) is 12.1 Å². The van der Waals surface area contributed by atoms with Crippen LogP contribution in [0.4, 0.5) is 13.2 Å². The van der Waals surface area contributed by atoms with E-state index >= 15 is 0 Å². The topological polar surface area (TPSA) is 30.5 Å². The van der Waals surface area contributed by atoms with E-state index in [-0.39, 0.29) is 11.9 Å². The molecule has 1 unspecified atom stereocenters. The van der Waals surface area contributed by atoms with Crippen molar-refractivity contribution in [3.05, 3.63) is 29.8 Å². The molecule has 0 saturated carbocycles. The molecule has 1 saturated heterocycles. The lowest BCUT2D eigenvalue weighted by atomic mass is 10.1.